The molecule has 3 aromatic rings. The summed E-state index contributed by atoms with van der Waals surface area (Å²) in [5.41, 5.74) is 2.39. The van der Waals surface area contributed by atoms with Gasteiger partial charge >= 0.3 is 0 Å². The molecular weight excluding hydrogens is 232 g/mol. The highest BCUT2D eigenvalue weighted by Crippen LogP contribution is 2.25. The van der Waals surface area contributed by atoms with E-state index in [1.165, 1.54) is 5.56 Å². The molecule has 0 radical (unpaired) electrons. The predicted octanol–water partition coefficient (Wildman–Crippen LogP) is 2.72. The fraction of sp³-hybridized carbons (Fsp3) is 0.250. The average molecular weight is 244 g/mol. The highest BCUT2D eigenvalue weighted by atomic mass is 32.1. The van der Waals surface area contributed by atoms with Crippen molar-refractivity contribution in [3.8, 4) is 10.6 Å². The lowest BCUT2D eigenvalue weighted by atomic mass is 10.2. The first-order valence-corrected chi connectivity index (χ1v) is 6.37. The van der Waals surface area contributed by atoms with E-state index in [9.17, 15) is 0 Å². The van der Waals surface area contributed by atoms with Crippen molar-refractivity contribution in [2.75, 3.05) is 0 Å². The number of hydrogen-bond acceptors (Lipinski definition) is 4. The quantitative estimate of drug-likeness (QED) is 0.696. The third-order valence-corrected chi connectivity index (χ3v) is 3.62. The van der Waals surface area contributed by atoms with Gasteiger partial charge in [-0.15, -0.1) is 10.2 Å². The monoisotopic (exact) mass is 244 g/mol. The Labute approximate surface area is 103 Å². The topological polar surface area (TPSA) is 43.1 Å². The molecule has 2 aromatic heterocycles. The molecule has 0 unspecified atom stereocenters. The Kier molecular flexibility index (Phi) is 2.40. The summed E-state index contributed by atoms with van der Waals surface area (Å²) in [6, 6.07) is 8.37. The maximum Gasteiger partial charge on any atom is 0.234 e. The third-order valence-electron chi connectivity index (χ3n) is 2.67. The normalized spacial score (nSPS) is 11.2. The van der Waals surface area contributed by atoms with Crippen LogP contribution in [0.25, 0.3) is 15.5 Å². The number of aryl methyl sites for hydroxylation is 2. The van der Waals surface area contributed by atoms with Gasteiger partial charge in [0.25, 0.3) is 0 Å². The van der Waals surface area contributed by atoms with Crippen LogP contribution in [0.3, 0.4) is 0 Å². The second-order valence-corrected chi connectivity index (χ2v) is 4.89. The first-order valence-electron chi connectivity index (χ1n) is 5.56. The van der Waals surface area contributed by atoms with Gasteiger partial charge in [0.05, 0.1) is 0 Å². The first kappa shape index (κ1) is 10.4. The minimum absolute atomic E-state index is 0.845. The molecule has 0 saturated carbocycles. The molecule has 0 spiro atoms. The Bertz CT molecular complexity index is 651. The Morgan fingerprint density at radius 1 is 1.18 bits per heavy atom. The second kappa shape index (κ2) is 3.92. The number of aromatic nitrogens is 4. The molecule has 0 aliphatic carbocycles. The predicted molar refractivity (Wildman–Crippen MR) is 68.2 cm³/mol. The lowest BCUT2D eigenvalue weighted by Gasteiger charge is -1.95. The van der Waals surface area contributed by atoms with Crippen LogP contribution in [-0.4, -0.2) is 19.8 Å². The summed E-state index contributed by atoms with van der Waals surface area (Å²) >= 11 is 1.57. The van der Waals surface area contributed by atoms with Crippen LogP contribution in [0.1, 0.15) is 18.3 Å². The number of rotatable bonds is 2. The van der Waals surface area contributed by atoms with Gasteiger partial charge in [-0.25, -0.2) is 0 Å². The van der Waals surface area contributed by atoms with Crippen LogP contribution in [0.4, 0.5) is 0 Å². The summed E-state index contributed by atoms with van der Waals surface area (Å²) in [7, 11) is 0. The summed E-state index contributed by atoms with van der Waals surface area (Å²) in [4.78, 5) is 0.859. The van der Waals surface area contributed by atoms with Gasteiger partial charge in [0, 0.05) is 12.0 Å². The summed E-state index contributed by atoms with van der Waals surface area (Å²) in [5.74, 6) is 0.912. The van der Waals surface area contributed by atoms with Crippen LogP contribution in [0.15, 0.2) is 24.3 Å². The van der Waals surface area contributed by atoms with E-state index in [4.69, 9.17) is 0 Å². The van der Waals surface area contributed by atoms with Gasteiger partial charge in [-0.2, -0.15) is 9.61 Å². The van der Waals surface area contributed by atoms with E-state index in [0.29, 0.717) is 0 Å². The molecule has 1 aromatic carbocycles. The maximum atomic E-state index is 4.55. The van der Waals surface area contributed by atoms with E-state index in [1.54, 1.807) is 11.3 Å². The molecule has 0 aliphatic rings. The molecule has 2 heterocycles. The minimum atomic E-state index is 0.845. The molecular formula is C12H12N4S. The minimum Gasteiger partial charge on any atom is -0.187 e. The maximum absolute atomic E-state index is 4.55. The van der Waals surface area contributed by atoms with Crippen molar-refractivity contribution in [2.24, 2.45) is 0 Å². The van der Waals surface area contributed by atoms with Crippen molar-refractivity contribution >= 4 is 16.3 Å². The lowest BCUT2D eigenvalue weighted by Crippen LogP contribution is -1.93. The van der Waals surface area contributed by atoms with Gasteiger partial charge in [-0.1, -0.05) is 48.1 Å². The Balaban J connectivity index is 2.11. The zero-order valence-electron chi connectivity index (χ0n) is 9.71. The lowest BCUT2D eigenvalue weighted by molar-refractivity contribution is 0.838. The van der Waals surface area contributed by atoms with Crippen molar-refractivity contribution in [3.05, 3.63) is 35.7 Å². The standard InChI is InChI=1S/C12H12N4S/c1-3-10-13-14-12-16(10)15-11(17-12)9-6-4-8(2)5-7-9/h4-7H,3H2,1-2H3. The average Bonchev–Trinajstić information content (AvgIpc) is 2.89. The first-order chi connectivity index (χ1) is 8.28. The fourth-order valence-corrected chi connectivity index (χ4v) is 2.55. The van der Waals surface area contributed by atoms with Crippen molar-refractivity contribution < 1.29 is 0 Å². The van der Waals surface area contributed by atoms with Crippen LogP contribution in [0, 0.1) is 6.92 Å². The van der Waals surface area contributed by atoms with Gasteiger partial charge in [-0.3, -0.25) is 0 Å². The van der Waals surface area contributed by atoms with Gasteiger partial charge < -0.3 is 0 Å². The van der Waals surface area contributed by atoms with Crippen molar-refractivity contribution in [2.45, 2.75) is 20.3 Å². The molecule has 5 heteroatoms. The van der Waals surface area contributed by atoms with Crippen molar-refractivity contribution in [3.63, 3.8) is 0 Å². The van der Waals surface area contributed by atoms with E-state index >= 15 is 0 Å². The van der Waals surface area contributed by atoms with Crippen LogP contribution in [0.5, 0.6) is 0 Å². The molecule has 0 aliphatic heterocycles. The molecule has 0 N–H and O–H groups in total. The Morgan fingerprint density at radius 3 is 2.65 bits per heavy atom. The smallest absolute Gasteiger partial charge is 0.187 e. The van der Waals surface area contributed by atoms with Crippen LogP contribution < -0.4 is 0 Å². The van der Waals surface area contributed by atoms with Crippen molar-refractivity contribution in [1.82, 2.24) is 19.8 Å². The molecule has 86 valence electrons. The molecule has 0 fully saturated rings. The summed E-state index contributed by atoms with van der Waals surface area (Å²) < 4.78 is 1.83. The van der Waals surface area contributed by atoms with E-state index in [1.807, 2.05) is 4.52 Å². The molecule has 0 amide bonds. The second-order valence-electron chi connectivity index (χ2n) is 3.94. The van der Waals surface area contributed by atoms with E-state index in [0.717, 1.165) is 27.8 Å². The third kappa shape index (κ3) is 1.72. The molecule has 17 heavy (non-hydrogen) atoms. The Hall–Kier alpha value is -1.75. The highest BCUT2D eigenvalue weighted by Gasteiger charge is 2.11. The van der Waals surface area contributed by atoms with Gasteiger partial charge in [-0.05, 0) is 6.92 Å². The van der Waals surface area contributed by atoms with Gasteiger partial charge in [0.2, 0.25) is 4.96 Å². The molecule has 0 bridgehead atoms. The molecule has 0 atom stereocenters. The van der Waals surface area contributed by atoms with Crippen LogP contribution >= 0.6 is 11.3 Å². The molecule has 4 nitrogen and oxygen atoms in total. The molecule has 0 saturated heterocycles. The molecule has 3 rings (SSSR count). The fourth-order valence-electron chi connectivity index (χ4n) is 1.69. The SMILES string of the molecule is CCc1nnc2sc(-c3ccc(C)cc3)nn12. The number of fused-ring (bicyclic) bond motifs is 1. The number of benzene rings is 1. The number of nitrogens with zero attached hydrogens (tertiary/aromatic N) is 4. The van der Waals surface area contributed by atoms with Crippen LogP contribution in [-0.2, 0) is 6.42 Å². The van der Waals surface area contributed by atoms with Gasteiger partial charge in [0.15, 0.2) is 5.82 Å². The van der Waals surface area contributed by atoms with E-state index in [-0.39, 0.29) is 0 Å². The Morgan fingerprint density at radius 2 is 1.94 bits per heavy atom. The zero-order valence-corrected chi connectivity index (χ0v) is 10.5. The largest absolute Gasteiger partial charge is 0.234 e. The zero-order chi connectivity index (χ0) is 11.8. The summed E-state index contributed by atoms with van der Waals surface area (Å²) in [6.45, 7) is 4.14. The highest BCUT2D eigenvalue weighted by molar-refractivity contribution is 7.19. The van der Waals surface area contributed by atoms with Crippen LogP contribution in [0.2, 0.25) is 0 Å². The summed E-state index contributed by atoms with van der Waals surface area (Å²) in [5, 5.41) is 13.7. The number of hydrogen-bond donors (Lipinski definition) is 0. The summed E-state index contributed by atoms with van der Waals surface area (Å²) in [6.07, 6.45) is 0.845. The van der Waals surface area contributed by atoms with E-state index < -0.39 is 0 Å². The van der Waals surface area contributed by atoms with Gasteiger partial charge in [0.1, 0.15) is 5.01 Å². The van der Waals surface area contributed by atoms with E-state index in [2.05, 4.69) is 53.4 Å². The van der Waals surface area contributed by atoms with Crippen molar-refractivity contribution in [1.29, 1.82) is 0 Å².